The molecule has 1 aliphatic carbocycles. The van der Waals surface area contributed by atoms with Gasteiger partial charge in [-0.05, 0) is 44.1 Å². The van der Waals surface area contributed by atoms with Crippen LogP contribution in [0.4, 0.5) is 0 Å². The highest BCUT2D eigenvalue weighted by Crippen LogP contribution is 2.20. The van der Waals surface area contributed by atoms with Crippen molar-refractivity contribution in [1.29, 1.82) is 0 Å². The molecule has 0 aromatic carbocycles. The van der Waals surface area contributed by atoms with E-state index in [2.05, 4.69) is 0 Å². The number of aliphatic hydroxyl groups excluding tert-OH is 1. The lowest BCUT2D eigenvalue weighted by molar-refractivity contribution is 0.155. The van der Waals surface area contributed by atoms with Gasteiger partial charge >= 0.3 is 0 Å². The minimum absolute atomic E-state index is 0.108. The van der Waals surface area contributed by atoms with E-state index in [0.29, 0.717) is 0 Å². The van der Waals surface area contributed by atoms with E-state index in [1.165, 1.54) is 11.3 Å². The van der Waals surface area contributed by atoms with Crippen LogP contribution in [0.1, 0.15) is 43.9 Å². The van der Waals surface area contributed by atoms with Crippen LogP contribution < -0.4 is 5.56 Å². The Morgan fingerprint density at radius 3 is 3.00 bits per heavy atom. The normalized spacial score (nSPS) is 15.9. The molecule has 2 rings (SSSR count). The first-order valence-corrected chi connectivity index (χ1v) is 6.62. The lowest BCUT2D eigenvalue weighted by Crippen LogP contribution is -2.23. The molecule has 0 amide bonds. The maximum Gasteiger partial charge on any atom is 0.250 e. The molecular weight excluding hydrogens is 214 g/mol. The summed E-state index contributed by atoms with van der Waals surface area (Å²) >= 11 is 0. The maximum absolute atomic E-state index is 11.8. The molecule has 0 radical (unpaired) electrons. The van der Waals surface area contributed by atoms with Gasteiger partial charge in [-0.15, -0.1) is 0 Å². The van der Waals surface area contributed by atoms with Crippen molar-refractivity contribution in [3.63, 3.8) is 0 Å². The lowest BCUT2D eigenvalue weighted by atomic mass is 10.1. The van der Waals surface area contributed by atoms with Crippen LogP contribution in [0.15, 0.2) is 16.9 Å². The lowest BCUT2D eigenvalue weighted by Gasteiger charge is -2.13. The van der Waals surface area contributed by atoms with E-state index in [9.17, 15) is 9.90 Å². The quantitative estimate of drug-likeness (QED) is 0.846. The standard InChI is InChI=1S/C14H21NO2/c1-2-12(16)6-4-10-15-13-7-3-5-11(13)8-9-14(15)17/h8-9,12,16H,2-7,10H2,1H3. The predicted octanol–water partition coefficient (Wildman–Crippen LogP) is 1.89. The van der Waals surface area contributed by atoms with Crippen LogP contribution in [0.3, 0.4) is 0 Å². The van der Waals surface area contributed by atoms with Gasteiger partial charge in [-0.3, -0.25) is 4.79 Å². The Hall–Kier alpha value is -1.09. The van der Waals surface area contributed by atoms with Crippen molar-refractivity contribution in [3.05, 3.63) is 33.7 Å². The number of fused-ring (bicyclic) bond motifs is 1. The van der Waals surface area contributed by atoms with Gasteiger partial charge in [0.05, 0.1) is 6.10 Å². The molecule has 0 spiro atoms. The number of hydrogen-bond acceptors (Lipinski definition) is 2. The summed E-state index contributed by atoms with van der Waals surface area (Å²) in [6.45, 7) is 2.73. The van der Waals surface area contributed by atoms with Gasteiger partial charge in [0.1, 0.15) is 0 Å². The highest BCUT2D eigenvalue weighted by molar-refractivity contribution is 5.25. The summed E-state index contributed by atoms with van der Waals surface area (Å²) in [5.41, 5.74) is 2.67. The van der Waals surface area contributed by atoms with E-state index in [1.807, 2.05) is 17.6 Å². The molecule has 1 aliphatic rings. The number of aryl methyl sites for hydroxylation is 1. The summed E-state index contributed by atoms with van der Waals surface area (Å²) in [7, 11) is 0. The molecule has 1 N–H and O–H groups in total. The van der Waals surface area contributed by atoms with Gasteiger partial charge < -0.3 is 9.67 Å². The first kappa shape index (κ1) is 12.4. The minimum atomic E-state index is -0.220. The summed E-state index contributed by atoms with van der Waals surface area (Å²) in [5, 5.41) is 9.51. The summed E-state index contributed by atoms with van der Waals surface area (Å²) in [5.74, 6) is 0. The van der Waals surface area contributed by atoms with Gasteiger partial charge in [-0.2, -0.15) is 0 Å². The molecule has 3 nitrogen and oxygen atoms in total. The highest BCUT2D eigenvalue weighted by Gasteiger charge is 2.15. The molecule has 1 heterocycles. The molecule has 1 atom stereocenters. The molecule has 0 saturated heterocycles. The zero-order valence-electron chi connectivity index (χ0n) is 10.5. The number of pyridine rings is 1. The SMILES string of the molecule is CCC(O)CCCn1c2c(ccc1=O)CCC2. The first-order chi connectivity index (χ1) is 8.22. The number of hydrogen-bond donors (Lipinski definition) is 1. The second-order valence-electron chi connectivity index (χ2n) is 4.85. The van der Waals surface area contributed by atoms with Gasteiger partial charge in [-0.25, -0.2) is 0 Å². The van der Waals surface area contributed by atoms with Crippen molar-refractivity contribution in [2.45, 2.75) is 58.1 Å². The molecular formula is C14H21NO2. The zero-order valence-corrected chi connectivity index (χ0v) is 10.5. The first-order valence-electron chi connectivity index (χ1n) is 6.62. The van der Waals surface area contributed by atoms with Crippen LogP contribution in [0.2, 0.25) is 0 Å². The average molecular weight is 235 g/mol. The summed E-state index contributed by atoms with van der Waals surface area (Å²) in [4.78, 5) is 11.8. The largest absolute Gasteiger partial charge is 0.393 e. The van der Waals surface area contributed by atoms with Crippen LogP contribution in [-0.2, 0) is 19.4 Å². The molecule has 94 valence electrons. The highest BCUT2D eigenvalue weighted by atomic mass is 16.3. The summed E-state index contributed by atoms with van der Waals surface area (Å²) < 4.78 is 1.91. The number of nitrogens with zero attached hydrogens (tertiary/aromatic N) is 1. The fraction of sp³-hybridized carbons (Fsp3) is 0.643. The van der Waals surface area contributed by atoms with Gasteiger partial charge in [0, 0.05) is 18.3 Å². The van der Waals surface area contributed by atoms with Crippen molar-refractivity contribution >= 4 is 0 Å². The third-order valence-corrected chi connectivity index (χ3v) is 3.64. The Kier molecular flexibility index (Phi) is 4.00. The van der Waals surface area contributed by atoms with E-state index in [-0.39, 0.29) is 11.7 Å². The van der Waals surface area contributed by atoms with E-state index >= 15 is 0 Å². The fourth-order valence-corrected chi connectivity index (χ4v) is 2.57. The Morgan fingerprint density at radius 2 is 2.24 bits per heavy atom. The molecule has 0 bridgehead atoms. The Bertz CT molecular complexity index is 436. The number of aromatic nitrogens is 1. The van der Waals surface area contributed by atoms with E-state index in [0.717, 1.165) is 45.1 Å². The molecule has 0 fully saturated rings. The molecule has 3 heteroatoms. The van der Waals surface area contributed by atoms with E-state index in [1.54, 1.807) is 6.07 Å². The average Bonchev–Trinajstić information content (AvgIpc) is 2.80. The monoisotopic (exact) mass is 235 g/mol. The maximum atomic E-state index is 11.8. The second kappa shape index (κ2) is 5.50. The number of aliphatic hydroxyl groups is 1. The van der Waals surface area contributed by atoms with E-state index < -0.39 is 0 Å². The molecule has 1 unspecified atom stereocenters. The van der Waals surface area contributed by atoms with Gasteiger partial charge in [-0.1, -0.05) is 13.0 Å². The van der Waals surface area contributed by atoms with Crippen LogP contribution in [0, 0.1) is 0 Å². The Labute approximate surface area is 102 Å². The van der Waals surface area contributed by atoms with Crippen LogP contribution in [0.5, 0.6) is 0 Å². The summed E-state index contributed by atoms with van der Waals surface area (Å²) in [6, 6.07) is 3.66. The van der Waals surface area contributed by atoms with Crippen molar-refractivity contribution < 1.29 is 5.11 Å². The molecule has 1 aromatic rings. The predicted molar refractivity (Wildman–Crippen MR) is 68.3 cm³/mol. The van der Waals surface area contributed by atoms with Gasteiger partial charge in [0.25, 0.3) is 5.56 Å². The van der Waals surface area contributed by atoms with Crippen molar-refractivity contribution in [1.82, 2.24) is 4.57 Å². The molecule has 0 saturated carbocycles. The topological polar surface area (TPSA) is 42.2 Å². The van der Waals surface area contributed by atoms with Crippen LogP contribution in [0.25, 0.3) is 0 Å². The summed E-state index contributed by atoms with van der Waals surface area (Å²) in [6.07, 6.45) is 5.54. The van der Waals surface area contributed by atoms with Crippen LogP contribution >= 0.6 is 0 Å². The van der Waals surface area contributed by atoms with Gasteiger partial charge in [0.15, 0.2) is 0 Å². The Balaban J connectivity index is 2.06. The fourth-order valence-electron chi connectivity index (χ4n) is 2.57. The van der Waals surface area contributed by atoms with E-state index in [4.69, 9.17) is 0 Å². The van der Waals surface area contributed by atoms with Gasteiger partial charge in [0.2, 0.25) is 0 Å². The Morgan fingerprint density at radius 1 is 1.41 bits per heavy atom. The third kappa shape index (κ3) is 2.78. The van der Waals surface area contributed by atoms with Crippen molar-refractivity contribution in [2.75, 3.05) is 0 Å². The zero-order chi connectivity index (χ0) is 12.3. The van der Waals surface area contributed by atoms with Crippen molar-refractivity contribution in [2.24, 2.45) is 0 Å². The molecule has 1 aromatic heterocycles. The molecule has 0 aliphatic heterocycles. The third-order valence-electron chi connectivity index (χ3n) is 3.64. The van der Waals surface area contributed by atoms with Crippen molar-refractivity contribution in [3.8, 4) is 0 Å². The second-order valence-corrected chi connectivity index (χ2v) is 4.85. The molecule has 17 heavy (non-hydrogen) atoms. The minimum Gasteiger partial charge on any atom is -0.393 e. The smallest absolute Gasteiger partial charge is 0.250 e. The van der Waals surface area contributed by atoms with Crippen LogP contribution in [-0.4, -0.2) is 15.8 Å². The number of rotatable bonds is 5.